The van der Waals surface area contributed by atoms with Crippen LogP contribution in [0.2, 0.25) is 0 Å². The number of nitrogens with zero attached hydrogens (tertiary/aromatic N) is 1. The topological polar surface area (TPSA) is 63.4 Å². The molecule has 0 aromatic heterocycles. The van der Waals surface area contributed by atoms with Crippen LogP contribution in [0.15, 0.2) is 0 Å². The van der Waals surface area contributed by atoms with Crippen LogP contribution in [-0.4, -0.2) is 40.8 Å². The predicted molar refractivity (Wildman–Crippen MR) is 61.5 cm³/mol. The molecule has 1 fully saturated rings. The highest BCUT2D eigenvalue weighted by Crippen LogP contribution is 2.13. The summed E-state index contributed by atoms with van der Waals surface area (Å²) in [5, 5.41) is 0. The molecule has 0 spiro atoms. The van der Waals surface area contributed by atoms with Gasteiger partial charge in [-0.05, 0) is 6.42 Å². The number of imide groups is 1. The van der Waals surface area contributed by atoms with Crippen molar-refractivity contribution >= 4 is 23.6 Å². The average molecular weight is 230 g/mol. The van der Waals surface area contributed by atoms with E-state index in [0.717, 1.165) is 17.9 Å². The first-order valence-electron chi connectivity index (χ1n) is 5.31. The Bertz CT molecular complexity index is 230. The Morgan fingerprint density at radius 2 is 2.00 bits per heavy atom. The first-order chi connectivity index (χ1) is 7.15. The van der Waals surface area contributed by atoms with E-state index in [2.05, 4.69) is 6.92 Å². The van der Waals surface area contributed by atoms with E-state index in [0.29, 0.717) is 19.4 Å². The molecule has 1 rings (SSSR count). The molecule has 2 N–H and O–H groups in total. The summed E-state index contributed by atoms with van der Waals surface area (Å²) >= 11 is 1.71. The summed E-state index contributed by atoms with van der Waals surface area (Å²) in [5.74, 6) is 1.64. The Morgan fingerprint density at radius 1 is 1.40 bits per heavy atom. The predicted octanol–water partition coefficient (Wildman–Crippen LogP) is 0.606. The van der Waals surface area contributed by atoms with Gasteiger partial charge in [0.05, 0.1) is 0 Å². The highest BCUT2D eigenvalue weighted by Gasteiger charge is 2.27. The fourth-order valence-corrected chi connectivity index (χ4v) is 2.40. The molecule has 0 radical (unpaired) electrons. The van der Waals surface area contributed by atoms with Gasteiger partial charge in [0.25, 0.3) is 0 Å². The van der Waals surface area contributed by atoms with Gasteiger partial charge in [0.1, 0.15) is 0 Å². The van der Waals surface area contributed by atoms with Gasteiger partial charge in [-0.2, -0.15) is 11.8 Å². The Kier molecular flexibility index (Phi) is 5.11. The SMILES string of the molecule is CCC(N)CSCCN1C(=O)CCC1=O. The van der Waals surface area contributed by atoms with Crippen molar-refractivity contribution in [2.75, 3.05) is 18.1 Å². The molecule has 86 valence electrons. The Morgan fingerprint density at radius 3 is 2.53 bits per heavy atom. The van der Waals surface area contributed by atoms with E-state index in [1.165, 1.54) is 4.90 Å². The second-order valence-corrected chi connectivity index (χ2v) is 4.83. The number of amides is 2. The molecule has 2 amide bonds. The zero-order chi connectivity index (χ0) is 11.3. The maximum absolute atomic E-state index is 11.2. The van der Waals surface area contributed by atoms with Gasteiger partial charge in [-0.3, -0.25) is 14.5 Å². The minimum atomic E-state index is -0.0274. The molecule has 5 heteroatoms. The van der Waals surface area contributed by atoms with Gasteiger partial charge in [0, 0.05) is 36.9 Å². The van der Waals surface area contributed by atoms with Crippen LogP contribution < -0.4 is 5.73 Å². The number of carbonyl (C=O) groups excluding carboxylic acids is 2. The largest absolute Gasteiger partial charge is 0.327 e. The maximum atomic E-state index is 11.2. The zero-order valence-electron chi connectivity index (χ0n) is 9.07. The molecule has 1 unspecified atom stereocenters. The number of hydrogen-bond acceptors (Lipinski definition) is 4. The number of thioether (sulfide) groups is 1. The highest BCUT2D eigenvalue weighted by atomic mass is 32.2. The van der Waals surface area contributed by atoms with Crippen molar-refractivity contribution in [1.82, 2.24) is 4.90 Å². The first kappa shape index (κ1) is 12.5. The lowest BCUT2D eigenvalue weighted by Gasteiger charge is -2.14. The molecule has 0 aliphatic carbocycles. The smallest absolute Gasteiger partial charge is 0.229 e. The lowest BCUT2D eigenvalue weighted by Crippen LogP contribution is -2.31. The standard InChI is InChI=1S/C10H18N2O2S/c1-2-8(11)7-15-6-5-12-9(13)3-4-10(12)14/h8H,2-7,11H2,1H3. The Labute approximate surface area is 94.6 Å². The molecular formula is C10H18N2O2S. The van der Waals surface area contributed by atoms with Crippen molar-refractivity contribution in [1.29, 1.82) is 0 Å². The number of carbonyl (C=O) groups is 2. The number of nitrogens with two attached hydrogens (primary N) is 1. The molecule has 1 aliphatic heterocycles. The second kappa shape index (κ2) is 6.12. The number of rotatable bonds is 6. The summed E-state index contributed by atoms with van der Waals surface area (Å²) in [6, 6.07) is 0.222. The van der Waals surface area contributed by atoms with Gasteiger partial charge in [-0.15, -0.1) is 0 Å². The van der Waals surface area contributed by atoms with E-state index >= 15 is 0 Å². The maximum Gasteiger partial charge on any atom is 0.229 e. The van der Waals surface area contributed by atoms with Crippen LogP contribution >= 0.6 is 11.8 Å². The molecule has 0 bridgehead atoms. The Hall–Kier alpha value is -0.550. The van der Waals surface area contributed by atoms with E-state index in [4.69, 9.17) is 5.73 Å². The third kappa shape index (κ3) is 3.83. The van der Waals surface area contributed by atoms with E-state index in [1.807, 2.05) is 0 Å². The normalized spacial score (nSPS) is 18.7. The third-order valence-electron chi connectivity index (χ3n) is 2.47. The Balaban J connectivity index is 2.14. The van der Waals surface area contributed by atoms with E-state index < -0.39 is 0 Å². The van der Waals surface area contributed by atoms with Crippen LogP contribution in [0.1, 0.15) is 26.2 Å². The van der Waals surface area contributed by atoms with Gasteiger partial charge < -0.3 is 5.73 Å². The van der Waals surface area contributed by atoms with Crippen LogP contribution in [0.3, 0.4) is 0 Å². The molecule has 0 saturated carbocycles. The first-order valence-corrected chi connectivity index (χ1v) is 6.47. The van der Waals surface area contributed by atoms with Crippen molar-refractivity contribution in [3.05, 3.63) is 0 Å². The van der Waals surface area contributed by atoms with E-state index in [-0.39, 0.29) is 17.9 Å². The fraction of sp³-hybridized carbons (Fsp3) is 0.800. The summed E-state index contributed by atoms with van der Waals surface area (Å²) < 4.78 is 0. The summed E-state index contributed by atoms with van der Waals surface area (Å²) in [4.78, 5) is 23.8. The van der Waals surface area contributed by atoms with Crippen LogP contribution in [-0.2, 0) is 9.59 Å². The van der Waals surface area contributed by atoms with Gasteiger partial charge in [0.2, 0.25) is 11.8 Å². The summed E-state index contributed by atoms with van der Waals surface area (Å²) in [6.07, 6.45) is 1.74. The van der Waals surface area contributed by atoms with Crippen molar-refractivity contribution in [3.8, 4) is 0 Å². The van der Waals surface area contributed by atoms with Crippen molar-refractivity contribution in [3.63, 3.8) is 0 Å². The van der Waals surface area contributed by atoms with Crippen LogP contribution in [0.4, 0.5) is 0 Å². The monoisotopic (exact) mass is 230 g/mol. The minimum Gasteiger partial charge on any atom is -0.327 e. The fourth-order valence-electron chi connectivity index (χ4n) is 1.38. The third-order valence-corrected chi connectivity index (χ3v) is 3.61. The number of likely N-dealkylation sites (tertiary alicyclic amines) is 1. The molecule has 15 heavy (non-hydrogen) atoms. The molecule has 0 aromatic carbocycles. The second-order valence-electron chi connectivity index (χ2n) is 3.68. The molecule has 1 aliphatic rings. The summed E-state index contributed by atoms with van der Waals surface area (Å²) in [5.41, 5.74) is 5.75. The average Bonchev–Trinajstić information content (AvgIpc) is 2.54. The van der Waals surface area contributed by atoms with E-state index in [1.54, 1.807) is 11.8 Å². The van der Waals surface area contributed by atoms with Gasteiger partial charge in [0.15, 0.2) is 0 Å². The molecule has 1 atom stereocenters. The van der Waals surface area contributed by atoms with Gasteiger partial charge >= 0.3 is 0 Å². The molecule has 1 saturated heterocycles. The quantitative estimate of drug-likeness (QED) is 0.536. The van der Waals surface area contributed by atoms with Crippen LogP contribution in [0.25, 0.3) is 0 Å². The lowest BCUT2D eigenvalue weighted by atomic mass is 10.3. The summed E-state index contributed by atoms with van der Waals surface area (Å²) in [7, 11) is 0. The van der Waals surface area contributed by atoms with Gasteiger partial charge in [-0.25, -0.2) is 0 Å². The molecular weight excluding hydrogens is 212 g/mol. The summed E-state index contributed by atoms with van der Waals surface area (Å²) in [6.45, 7) is 2.59. The van der Waals surface area contributed by atoms with Crippen molar-refractivity contribution in [2.45, 2.75) is 32.2 Å². The molecule has 1 heterocycles. The van der Waals surface area contributed by atoms with Crippen molar-refractivity contribution in [2.24, 2.45) is 5.73 Å². The highest BCUT2D eigenvalue weighted by molar-refractivity contribution is 7.99. The minimum absolute atomic E-state index is 0.0274. The zero-order valence-corrected chi connectivity index (χ0v) is 9.89. The molecule has 4 nitrogen and oxygen atoms in total. The van der Waals surface area contributed by atoms with Gasteiger partial charge in [-0.1, -0.05) is 6.92 Å². The lowest BCUT2D eigenvalue weighted by molar-refractivity contribution is -0.137. The molecule has 0 aromatic rings. The van der Waals surface area contributed by atoms with Crippen LogP contribution in [0, 0.1) is 0 Å². The number of hydrogen-bond donors (Lipinski definition) is 1. The van der Waals surface area contributed by atoms with E-state index in [9.17, 15) is 9.59 Å². The van der Waals surface area contributed by atoms with Crippen LogP contribution in [0.5, 0.6) is 0 Å². The van der Waals surface area contributed by atoms with Crippen molar-refractivity contribution < 1.29 is 9.59 Å².